The van der Waals surface area contributed by atoms with Crippen LogP contribution in [0.25, 0.3) is 0 Å². The van der Waals surface area contributed by atoms with Crippen molar-refractivity contribution in [1.82, 2.24) is 5.32 Å². The number of amides is 3. The van der Waals surface area contributed by atoms with Crippen LogP contribution in [0.2, 0.25) is 5.02 Å². The van der Waals surface area contributed by atoms with Gasteiger partial charge in [0.05, 0.1) is 18.3 Å². The average Bonchev–Trinajstić information content (AvgIpc) is 2.96. The van der Waals surface area contributed by atoms with E-state index in [4.69, 9.17) is 26.8 Å². The zero-order chi connectivity index (χ0) is 15.9. The first-order valence-electron chi connectivity index (χ1n) is 6.91. The number of benzene rings is 1. The summed E-state index contributed by atoms with van der Waals surface area (Å²) in [4.78, 5) is 22.0. The highest BCUT2D eigenvalue weighted by Crippen LogP contribution is 2.28. The highest BCUT2D eigenvalue weighted by atomic mass is 35.5. The van der Waals surface area contributed by atoms with Crippen LogP contribution in [0.4, 0.5) is 10.5 Å². The first-order valence-corrected chi connectivity index (χ1v) is 7.29. The van der Waals surface area contributed by atoms with Crippen molar-refractivity contribution in [2.45, 2.75) is 18.9 Å². The zero-order valence-electron chi connectivity index (χ0n) is 11.9. The van der Waals surface area contributed by atoms with E-state index in [2.05, 4.69) is 5.32 Å². The number of carbonyl (C=O) groups excluding carboxylic acids is 2. The molecule has 0 radical (unpaired) electrons. The van der Waals surface area contributed by atoms with Gasteiger partial charge >= 0.3 is 6.03 Å². The Morgan fingerprint density at radius 1 is 1.45 bits per heavy atom. The van der Waals surface area contributed by atoms with Gasteiger partial charge in [-0.25, -0.2) is 4.79 Å². The summed E-state index contributed by atoms with van der Waals surface area (Å²) in [6.45, 7) is 1.07. The molecule has 0 bridgehead atoms. The van der Waals surface area contributed by atoms with Gasteiger partial charge in [-0.2, -0.15) is 0 Å². The number of hydrogen-bond donors (Lipinski definition) is 3. The summed E-state index contributed by atoms with van der Waals surface area (Å²) in [5, 5.41) is 5.33. The van der Waals surface area contributed by atoms with Gasteiger partial charge in [0.2, 0.25) is 5.91 Å². The fraction of sp³-hybridized carbons (Fsp3) is 0.429. The summed E-state index contributed by atoms with van der Waals surface area (Å²) < 4.78 is 11.2. The second-order valence-corrected chi connectivity index (χ2v) is 5.29. The Hall–Kier alpha value is -1.99. The van der Waals surface area contributed by atoms with E-state index < -0.39 is 11.9 Å². The number of primary amides is 1. The molecule has 0 aliphatic carbocycles. The Balaban J connectivity index is 1.94. The Bertz CT molecular complexity index is 547. The molecule has 1 heterocycles. The number of carbonyl (C=O) groups is 2. The molecule has 1 aromatic rings. The van der Waals surface area contributed by atoms with Gasteiger partial charge in [-0.05, 0) is 31.0 Å². The second kappa shape index (κ2) is 7.86. The Morgan fingerprint density at radius 3 is 2.95 bits per heavy atom. The van der Waals surface area contributed by atoms with Gasteiger partial charge < -0.3 is 20.5 Å². The molecule has 1 saturated heterocycles. The van der Waals surface area contributed by atoms with Crippen molar-refractivity contribution in [1.29, 1.82) is 0 Å². The van der Waals surface area contributed by atoms with Gasteiger partial charge in [-0.1, -0.05) is 11.6 Å². The maximum Gasteiger partial charge on any atom is 0.318 e. The minimum atomic E-state index is -0.896. The van der Waals surface area contributed by atoms with Gasteiger partial charge in [0.25, 0.3) is 0 Å². The van der Waals surface area contributed by atoms with Gasteiger partial charge in [0.1, 0.15) is 12.4 Å². The van der Waals surface area contributed by atoms with Crippen LogP contribution in [-0.2, 0) is 9.53 Å². The van der Waals surface area contributed by atoms with E-state index in [1.807, 2.05) is 5.32 Å². The molecule has 1 atom stereocenters. The summed E-state index contributed by atoms with van der Waals surface area (Å²) in [6.07, 6.45) is 2.09. The predicted molar refractivity (Wildman–Crippen MR) is 82.1 cm³/mol. The van der Waals surface area contributed by atoms with E-state index in [-0.39, 0.29) is 12.6 Å². The molecule has 4 N–H and O–H groups in total. The number of ether oxygens (including phenoxy) is 2. The van der Waals surface area contributed by atoms with Crippen LogP contribution in [0, 0.1) is 0 Å². The third-order valence-electron chi connectivity index (χ3n) is 3.09. The van der Waals surface area contributed by atoms with E-state index in [9.17, 15) is 9.59 Å². The SMILES string of the molecule is NC(=O)NC(=O)CNc1cc(Cl)ccc1OCC1CCCO1. The largest absolute Gasteiger partial charge is 0.489 e. The van der Waals surface area contributed by atoms with Crippen LogP contribution >= 0.6 is 11.6 Å². The van der Waals surface area contributed by atoms with Gasteiger partial charge in [0.15, 0.2) is 0 Å². The third-order valence-corrected chi connectivity index (χ3v) is 3.33. The van der Waals surface area contributed by atoms with Crippen LogP contribution in [0.15, 0.2) is 18.2 Å². The standard InChI is InChI=1S/C14H18ClN3O4/c15-9-3-4-12(22-8-10-2-1-5-21-10)11(6-9)17-7-13(19)18-14(16)20/h3-4,6,10,17H,1-2,5,7-8H2,(H3,16,18,19,20). The predicted octanol–water partition coefficient (Wildman–Crippen LogP) is 1.50. The average molecular weight is 328 g/mol. The fourth-order valence-corrected chi connectivity index (χ4v) is 2.25. The van der Waals surface area contributed by atoms with E-state index in [1.54, 1.807) is 18.2 Å². The molecular weight excluding hydrogens is 310 g/mol. The van der Waals surface area contributed by atoms with E-state index in [0.717, 1.165) is 19.4 Å². The molecule has 1 aliphatic rings. The second-order valence-electron chi connectivity index (χ2n) is 4.85. The maximum absolute atomic E-state index is 11.4. The number of hydrogen-bond acceptors (Lipinski definition) is 5. The molecule has 1 aromatic carbocycles. The zero-order valence-corrected chi connectivity index (χ0v) is 12.7. The van der Waals surface area contributed by atoms with Gasteiger partial charge in [0, 0.05) is 11.6 Å². The molecular formula is C14H18ClN3O4. The van der Waals surface area contributed by atoms with E-state index in [1.165, 1.54) is 0 Å². The van der Waals surface area contributed by atoms with E-state index >= 15 is 0 Å². The van der Waals surface area contributed by atoms with E-state index in [0.29, 0.717) is 23.1 Å². The normalized spacial score (nSPS) is 17.0. The van der Waals surface area contributed by atoms with Crippen molar-refractivity contribution in [3.63, 3.8) is 0 Å². The van der Waals surface area contributed by atoms with Crippen LogP contribution in [0.5, 0.6) is 5.75 Å². The van der Waals surface area contributed by atoms with Gasteiger partial charge in [-0.15, -0.1) is 0 Å². The van der Waals surface area contributed by atoms with Crippen LogP contribution < -0.4 is 21.1 Å². The minimum Gasteiger partial charge on any atom is -0.489 e. The summed E-state index contributed by atoms with van der Waals surface area (Å²) in [5.74, 6) is 0.0179. The van der Waals surface area contributed by atoms with Crippen molar-refractivity contribution in [3.05, 3.63) is 23.2 Å². The lowest BCUT2D eigenvalue weighted by molar-refractivity contribution is -0.118. The molecule has 8 heteroatoms. The van der Waals surface area contributed by atoms with Gasteiger partial charge in [-0.3, -0.25) is 10.1 Å². The molecule has 0 saturated carbocycles. The molecule has 1 unspecified atom stereocenters. The Kier molecular flexibility index (Phi) is 5.85. The Morgan fingerprint density at radius 2 is 2.27 bits per heavy atom. The highest BCUT2D eigenvalue weighted by molar-refractivity contribution is 6.30. The molecule has 1 aliphatic heterocycles. The summed E-state index contributed by atoms with van der Waals surface area (Å²) in [5.41, 5.74) is 5.44. The number of urea groups is 1. The monoisotopic (exact) mass is 327 g/mol. The first-order chi connectivity index (χ1) is 10.5. The van der Waals surface area contributed by atoms with Crippen molar-refractivity contribution < 1.29 is 19.1 Å². The van der Waals surface area contributed by atoms with Crippen molar-refractivity contribution in [2.75, 3.05) is 25.1 Å². The molecule has 0 spiro atoms. The highest BCUT2D eigenvalue weighted by Gasteiger charge is 2.17. The van der Waals surface area contributed by atoms with Crippen molar-refractivity contribution in [2.24, 2.45) is 5.73 Å². The lowest BCUT2D eigenvalue weighted by Gasteiger charge is -2.15. The van der Waals surface area contributed by atoms with Crippen molar-refractivity contribution >= 4 is 29.2 Å². The number of nitrogens with two attached hydrogens (primary N) is 1. The quantitative estimate of drug-likeness (QED) is 0.735. The number of imide groups is 1. The molecule has 0 aromatic heterocycles. The van der Waals surface area contributed by atoms with Crippen molar-refractivity contribution in [3.8, 4) is 5.75 Å². The van der Waals surface area contributed by atoms with Crippen LogP contribution in [0.3, 0.4) is 0 Å². The molecule has 3 amide bonds. The minimum absolute atomic E-state index is 0.0849. The maximum atomic E-state index is 11.4. The number of rotatable bonds is 6. The lowest BCUT2D eigenvalue weighted by atomic mass is 10.2. The molecule has 22 heavy (non-hydrogen) atoms. The fourth-order valence-electron chi connectivity index (χ4n) is 2.08. The van der Waals surface area contributed by atoms with Crippen LogP contribution in [-0.4, -0.2) is 37.8 Å². The molecule has 120 valence electrons. The first kappa shape index (κ1) is 16.4. The van der Waals surface area contributed by atoms with Crippen LogP contribution in [0.1, 0.15) is 12.8 Å². The summed E-state index contributed by atoms with van der Waals surface area (Å²) in [6, 6.07) is 4.16. The summed E-state index contributed by atoms with van der Waals surface area (Å²) >= 11 is 5.95. The molecule has 7 nitrogen and oxygen atoms in total. The Labute approximate surface area is 133 Å². The molecule has 1 fully saturated rings. The third kappa shape index (κ3) is 5.09. The number of nitrogens with one attached hydrogen (secondary N) is 2. The number of halogens is 1. The number of anilines is 1. The smallest absolute Gasteiger partial charge is 0.318 e. The lowest BCUT2D eigenvalue weighted by Crippen LogP contribution is -2.38. The molecule has 2 rings (SSSR count). The summed E-state index contributed by atoms with van der Waals surface area (Å²) in [7, 11) is 0. The topological polar surface area (TPSA) is 103 Å².